The lowest BCUT2D eigenvalue weighted by Crippen LogP contribution is -2.56. The number of carbonyl (C=O) groups excluding carboxylic acids is 4. The number of aliphatic hydroxyl groups is 1. The van der Waals surface area contributed by atoms with Crippen LogP contribution in [0.1, 0.15) is 116 Å². The molecule has 0 aromatic heterocycles. The van der Waals surface area contributed by atoms with E-state index in [9.17, 15) is 24.3 Å². The number of aliphatic hydroxyl groups excluding tert-OH is 1. The van der Waals surface area contributed by atoms with Crippen molar-refractivity contribution in [2.75, 3.05) is 20.8 Å². The van der Waals surface area contributed by atoms with Crippen molar-refractivity contribution in [3.05, 3.63) is 141 Å². The van der Waals surface area contributed by atoms with Crippen molar-refractivity contribution in [1.82, 2.24) is 20.9 Å². The first-order chi connectivity index (χ1) is 27.7. The fraction of sp³-hybridized carbons (Fsp3) is 0.362. The maximum Gasteiger partial charge on any atom is 0.272 e. The summed E-state index contributed by atoms with van der Waals surface area (Å²) in [4.78, 5) is 52.7. The van der Waals surface area contributed by atoms with Crippen LogP contribution in [0.5, 0.6) is 11.5 Å². The molecule has 0 radical (unpaired) electrons. The van der Waals surface area contributed by atoms with Gasteiger partial charge in [-0.05, 0) is 118 Å². The Hall–Kier alpha value is -5.98. The number of amides is 4. The minimum atomic E-state index is -0.664. The minimum absolute atomic E-state index is 0.180. The topological polar surface area (TPSA) is 147 Å². The highest BCUT2D eigenvalue weighted by Gasteiger charge is 2.32. The SMILES string of the molecule is C=CCOCc1c(OC)cccc1C(=O)NN(C(=O)c1cc(C)cc(C)c1)C(C)(C)C.COc1cccc(C(=O)NN(C(=O)c2cc(C)cc(C)c2)C(C)(C)C)c1CO. The highest BCUT2D eigenvalue weighted by atomic mass is 16.5. The van der Waals surface area contributed by atoms with Gasteiger partial charge in [0.25, 0.3) is 23.6 Å². The third-order valence-corrected chi connectivity index (χ3v) is 8.95. The van der Waals surface area contributed by atoms with Crippen LogP contribution in [0.4, 0.5) is 0 Å². The average molecular weight is 809 g/mol. The molecule has 4 aromatic carbocycles. The zero-order valence-electron chi connectivity index (χ0n) is 36.5. The van der Waals surface area contributed by atoms with Crippen molar-refractivity contribution in [3.63, 3.8) is 0 Å². The molecule has 0 bridgehead atoms. The van der Waals surface area contributed by atoms with Gasteiger partial charge in [0.1, 0.15) is 11.5 Å². The van der Waals surface area contributed by atoms with Gasteiger partial charge in [0.05, 0.1) is 56.2 Å². The number of carbonyl (C=O) groups is 4. The predicted molar refractivity (Wildman–Crippen MR) is 230 cm³/mol. The lowest BCUT2D eigenvalue weighted by molar-refractivity contribution is 0.0355. The molecule has 12 nitrogen and oxygen atoms in total. The number of aryl methyl sites for hydroxylation is 4. The Morgan fingerprint density at radius 3 is 1.36 bits per heavy atom. The number of rotatable bonds is 11. The molecular weight excluding hydrogens is 749 g/mol. The molecule has 4 amide bonds. The van der Waals surface area contributed by atoms with Gasteiger partial charge in [-0.2, -0.15) is 0 Å². The van der Waals surface area contributed by atoms with Crippen LogP contribution in [-0.4, -0.2) is 70.7 Å². The average Bonchev–Trinajstić information content (AvgIpc) is 3.16. The first-order valence-corrected chi connectivity index (χ1v) is 19.3. The molecule has 0 saturated carbocycles. The summed E-state index contributed by atoms with van der Waals surface area (Å²) in [7, 11) is 3.01. The second-order valence-electron chi connectivity index (χ2n) is 16.2. The Labute approximate surface area is 349 Å². The molecule has 0 unspecified atom stereocenters. The van der Waals surface area contributed by atoms with Crippen LogP contribution in [0.2, 0.25) is 0 Å². The zero-order chi connectivity index (χ0) is 44.2. The van der Waals surface area contributed by atoms with E-state index < -0.39 is 22.9 Å². The monoisotopic (exact) mass is 808 g/mol. The molecule has 0 aliphatic heterocycles. The number of hydrogen-bond donors (Lipinski definition) is 3. The molecule has 0 aliphatic carbocycles. The van der Waals surface area contributed by atoms with E-state index in [0.717, 1.165) is 22.3 Å². The lowest BCUT2D eigenvalue weighted by Gasteiger charge is -2.36. The molecular formula is C47H60N4O8. The number of methoxy groups -OCH3 is 2. The number of hydrazine groups is 2. The lowest BCUT2D eigenvalue weighted by atomic mass is 10.0. The van der Waals surface area contributed by atoms with Crippen LogP contribution in [0.15, 0.2) is 85.5 Å². The van der Waals surface area contributed by atoms with Crippen molar-refractivity contribution in [1.29, 1.82) is 0 Å². The van der Waals surface area contributed by atoms with Gasteiger partial charge in [-0.15, -0.1) is 6.58 Å². The summed E-state index contributed by atoms with van der Waals surface area (Å²) < 4.78 is 16.2. The van der Waals surface area contributed by atoms with E-state index in [-0.39, 0.29) is 30.6 Å². The summed E-state index contributed by atoms with van der Waals surface area (Å²) in [5.41, 5.74) is 10.8. The zero-order valence-corrected chi connectivity index (χ0v) is 36.5. The fourth-order valence-corrected chi connectivity index (χ4v) is 6.32. The number of ether oxygens (including phenoxy) is 3. The highest BCUT2D eigenvalue weighted by molar-refractivity contribution is 6.01. The quantitative estimate of drug-likeness (QED) is 0.0786. The Bertz CT molecular complexity index is 2110. The van der Waals surface area contributed by atoms with E-state index in [0.29, 0.717) is 45.9 Å². The van der Waals surface area contributed by atoms with E-state index >= 15 is 0 Å². The summed E-state index contributed by atoms with van der Waals surface area (Å²) in [5, 5.41) is 12.4. The number of nitrogens with one attached hydrogen (secondary N) is 2. The van der Waals surface area contributed by atoms with Gasteiger partial charge in [0.2, 0.25) is 0 Å². The smallest absolute Gasteiger partial charge is 0.272 e. The molecule has 0 atom stereocenters. The summed E-state index contributed by atoms with van der Waals surface area (Å²) in [6.45, 7) is 22.7. The van der Waals surface area contributed by atoms with Crippen molar-refractivity contribution < 1.29 is 38.5 Å². The predicted octanol–water partition coefficient (Wildman–Crippen LogP) is 7.99. The Morgan fingerprint density at radius 1 is 0.644 bits per heavy atom. The van der Waals surface area contributed by atoms with Gasteiger partial charge >= 0.3 is 0 Å². The molecule has 4 rings (SSSR count). The van der Waals surface area contributed by atoms with E-state index in [4.69, 9.17) is 14.2 Å². The van der Waals surface area contributed by atoms with Gasteiger partial charge in [0.15, 0.2) is 0 Å². The van der Waals surface area contributed by atoms with Crippen LogP contribution in [0.25, 0.3) is 0 Å². The number of benzene rings is 4. The minimum Gasteiger partial charge on any atom is -0.496 e. The standard InChI is InChI=1S/C25H32N2O4.C22H28N2O4/c1-8-12-31-16-21-20(10-9-11-22(21)30-7)23(28)26-27(25(4,5)6)24(29)19-14-17(2)13-18(3)15-19;1-14-10-15(2)12-16(11-14)21(27)24(22(3,4)5)23-20(26)17-8-7-9-19(28-6)18(17)13-25/h8-11,13-15H,1,12,16H2,2-7H3,(H,26,28);7-12,25H,13H2,1-6H3,(H,23,26). The maximum atomic E-state index is 13.3. The third kappa shape index (κ3) is 12.8. The fourth-order valence-electron chi connectivity index (χ4n) is 6.32. The first kappa shape index (κ1) is 47.4. The molecule has 4 aromatic rings. The van der Waals surface area contributed by atoms with Crippen molar-refractivity contribution in [3.8, 4) is 11.5 Å². The van der Waals surface area contributed by atoms with Crippen LogP contribution in [0.3, 0.4) is 0 Å². The van der Waals surface area contributed by atoms with Gasteiger partial charge in [0, 0.05) is 22.3 Å². The maximum absolute atomic E-state index is 13.3. The van der Waals surface area contributed by atoms with Crippen molar-refractivity contribution in [2.45, 2.75) is 93.5 Å². The van der Waals surface area contributed by atoms with Crippen LogP contribution in [0, 0.1) is 27.7 Å². The summed E-state index contributed by atoms with van der Waals surface area (Å²) in [6, 6.07) is 21.3. The second-order valence-corrected chi connectivity index (χ2v) is 16.2. The van der Waals surface area contributed by atoms with E-state index in [1.165, 1.54) is 17.1 Å². The Morgan fingerprint density at radius 2 is 1.02 bits per heavy atom. The second kappa shape index (κ2) is 20.6. The summed E-state index contributed by atoms with van der Waals surface area (Å²) >= 11 is 0. The van der Waals surface area contributed by atoms with Crippen LogP contribution >= 0.6 is 0 Å². The van der Waals surface area contributed by atoms with Gasteiger partial charge in [-0.1, -0.05) is 52.6 Å². The Kier molecular flexibility index (Phi) is 16.6. The van der Waals surface area contributed by atoms with Crippen molar-refractivity contribution >= 4 is 23.6 Å². The normalized spacial score (nSPS) is 11.1. The molecule has 0 saturated heterocycles. The molecule has 3 N–H and O–H groups in total. The van der Waals surface area contributed by atoms with E-state index in [1.807, 2.05) is 93.5 Å². The van der Waals surface area contributed by atoms with E-state index in [2.05, 4.69) is 17.4 Å². The third-order valence-electron chi connectivity index (χ3n) is 8.95. The summed E-state index contributed by atoms with van der Waals surface area (Å²) in [5.74, 6) is -0.529. The molecule has 0 fully saturated rings. The largest absolute Gasteiger partial charge is 0.496 e. The van der Waals surface area contributed by atoms with E-state index in [1.54, 1.807) is 61.7 Å². The van der Waals surface area contributed by atoms with Crippen LogP contribution < -0.4 is 20.3 Å². The van der Waals surface area contributed by atoms with Crippen molar-refractivity contribution in [2.24, 2.45) is 0 Å². The first-order valence-electron chi connectivity index (χ1n) is 19.3. The summed E-state index contributed by atoms with van der Waals surface area (Å²) in [6.07, 6.45) is 1.64. The van der Waals surface area contributed by atoms with Gasteiger partial charge in [-0.25, -0.2) is 10.0 Å². The van der Waals surface area contributed by atoms with Crippen LogP contribution in [-0.2, 0) is 18.0 Å². The number of nitrogens with zero attached hydrogens (tertiary/aromatic N) is 2. The molecule has 12 heteroatoms. The highest BCUT2D eigenvalue weighted by Crippen LogP contribution is 2.26. The Balaban J connectivity index is 0.000000317. The molecule has 0 aliphatic rings. The molecule has 316 valence electrons. The van der Waals surface area contributed by atoms with Gasteiger partial charge in [-0.3, -0.25) is 30.0 Å². The molecule has 0 heterocycles. The molecule has 59 heavy (non-hydrogen) atoms. The molecule has 0 spiro atoms. The van der Waals surface area contributed by atoms with Gasteiger partial charge < -0.3 is 19.3 Å². The number of hydrogen-bond acceptors (Lipinski definition) is 8.